The van der Waals surface area contributed by atoms with Gasteiger partial charge in [0.2, 0.25) is 15.9 Å². The molecule has 112 valence electrons. The van der Waals surface area contributed by atoms with Crippen molar-refractivity contribution in [2.45, 2.75) is 11.8 Å². The molecule has 8 nitrogen and oxygen atoms in total. The Morgan fingerprint density at radius 3 is 2.70 bits per heavy atom. The van der Waals surface area contributed by atoms with Crippen LogP contribution in [0.5, 0.6) is 0 Å². The lowest BCUT2D eigenvalue weighted by atomic mass is 10.3. The lowest BCUT2D eigenvalue weighted by Crippen LogP contribution is -2.30. The fourth-order valence-electron chi connectivity index (χ4n) is 1.41. The van der Waals surface area contributed by atoms with Gasteiger partial charge in [0, 0.05) is 6.54 Å². The molecule has 20 heavy (non-hydrogen) atoms. The fourth-order valence-corrected chi connectivity index (χ4v) is 4.05. The predicted octanol–water partition coefficient (Wildman–Crippen LogP) is -0.465. The zero-order chi connectivity index (χ0) is 15.3. The molecule has 0 saturated carbocycles. The summed E-state index contributed by atoms with van der Waals surface area (Å²) in [5.74, 6) is -1.96. The van der Waals surface area contributed by atoms with Crippen molar-refractivity contribution >= 4 is 33.2 Å². The summed E-state index contributed by atoms with van der Waals surface area (Å²) in [7, 11) is -3.94. The average Bonchev–Trinajstić information content (AvgIpc) is 2.71. The number of nitrogens with one attached hydrogen (secondary N) is 1. The molecule has 0 fully saturated rings. The van der Waals surface area contributed by atoms with Gasteiger partial charge in [-0.2, -0.15) is 0 Å². The van der Waals surface area contributed by atoms with E-state index in [-0.39, 0.29) is 29.5 Å². The number of primary amides is 1. The molecule has 0 unspecified atom stereocenters. The number of nitrogens with two attached hydrogens (primary N) is 1. The molecule has 0 atom stereocenters. The van der Waals surface area contributed by atoms with Crippen molar-refractivity contribution in [2.24, 2.45) is 5.73 Å². The van der Waals surface area contributed by atoms with E-state index in [0.717, 1.165) is 11.3 Å². The maximum atomic E-state index is 12.0. The molecule has 1 aromatic rings. The minimum absolute atomic E-state index is 0.0479. The van der Waals surface area contributed by atoms with Crippen molar-refractivity contribution in [3.63, 3.8) is 0 Å². The van der Waals surface area contributed by atoms with Gasteiger partial charge in [-0.25, -0.2) is 17.9 Å². The summed E-state index contributed by atoms with van der Waals surface area (Å²) in [4.78, 5) is 20.9. The lowest BCUT2D eigenvalue weighted by molar-refractivity contribution is -0.122. The van der Waals surface area contributed by atoms with Crippen molar-refractivity contribution in [2.75, 3.05) is 19.8 Å². The molecule has 1 rings (SSSR count). The first-order valence-corrected chi connectivity index (χ1v) is 7.79. The van der Waals surface area contributed by atoms with Crippen LogP contribution in [0.2, 0.25) is 0 Å². The van der Waals surface area contributed by atoms with E-state index < -0.39 is 21.9 Å². The zero-order valence-corrected chi connectivity index (χ0v) is 12.2. The second-order valence-corrected chi connectivity index (χ2v) is 6.38. The Hall–Kier alpha value is -1.49. The summed E-state index contributed by atoms with van der Waals surface area (Å²) in [5.41, 5.74) is 5.20. The number of carboxylic acids is 1. The second-order valence-electron chi connectivity index (χ2n) is 3.80. The largest absolute Gasteiger partial charge is 0.477 e. The molecule has 10 heteroatoms. The van der Waals surface area contributed by atoms with Crippen LogP contribution in [0, 0.1) is 6.92 Å². The molecule has 0 aromatic carbocycles. The van der Waals surface area contributed by atoms with Crippen LogP contribution >= 0.6 is 11.3 Å². The van der Waals surface area contributed by atoms with Crippen LogP contribution in [0.4, 0.5) is 0 Å². The van der Waals surface area contributed by atoms with Crippen molar-refractivity contribution < 1.29 is 27.9 Å². The molecule has 0 spiro atoms. The monoisotopic (exact) mass is 322 g/mol. The van der Waals surface area contributed by atoms with Gasteiger partial charge in [-0.3, -0.25) is 4.79 Å². The van der Waals surface area contributed by atoms with Crippen LogP contribution in [-0.2, 0) is 19.6 Å². The number of carbonyl (C=O) groups excluding carboxylic acids is 1. The highest BCUT2D eigenvalue weighted by Gasteiger charge is 2.26. The first kappa shape index (κ1) is 16.6. The van der Waals surface area contributed by atoms with Gasteiger partial charge in [-0.1, -0.05) is 0 Å². The van der Waals surface area contributed by atoms with Crippen molar-refractivity contribution in [3.8, 4) is 0 Å². The predicted molar refractivity (Wildman–Crippen MR) is 71.2 cm³/mol. The van der Waals surface area contributed by atoms with Crippen molar-refractivity contribution in [1.82, 2.24) is 4.72 Å². The summed E-state index contributed by atoms with van der Waals surface area (Å²) in [6, 6.07) is 0. The molecule has 0 aliphatic heterocycles. The normalized spacial score (nSPS) is 11.4. The molecule has 0 aliphatic carbocycles. The third-order valence-corrected chi connectivity index (χ3v) is 5.03. The first-order valence-electron chi connectivity index (χ1n) is 5.43. The maximum absolute atomic E-state index is 12.0. The van der Waals surface area contributed by atoms with Crippen LogP contribution in [0.15, 0.2) is 10.3 Å². The summed E-state index contributed by atoms with van der Waals surface area (Å²) in [5, 5.41) is 10.4. The Morgan fingerprint density at radius 2 is 2.15 bits per heavy atom. The summed E-state index contributed by atoms with van der Waals surface area (Å²) >= 11 is 0.848. The number of hydrogen-bond acceptors (Lipinski definition) is 6. The molecule has 0 aliphatic rings. The van der Waals surface area contributed by atoms with Gasteiger partial charge in [-0.05, 0) is 17.9 Å². The van der Waals surface area contributed by atoms with E-state index in [2.05, 4.69) is 4.72 Å². The van der Waals surface area contributed by atoms with E-state index in [4.69, 9.17) is 15.6 Å². The Morgan fingerprint density at radius 1 is 1.50 bits per heavy atom. The Kier molecular flexibility index (Phi) is 5.62. The highest BCUT2D eigenvalue weighted by molar-refractivity contribution is 7.89. The fraction of sp³-hybridized carbons (Fsp3) is 0.400. The number of carboxylic acid groups (broad SMARTS) is 1. The number of hydrogen-bond donors (Lipinski definition) is 3. The Balaban J connectivity index is 2.72. The molecule has 4 N–H and O–H groups in total. The van der Waals surface area contributed by atoms with Crippen molar-refractivity contribution in [1.29, 1.82) is 0 Å². The van der Waals surface area contributed by atoms with Crippen LogP contribution in [0.1, 0.15) is 15.2 Å². The van der Waals surface area contributed by atoms with E-state index in [0.29, 0.717) is 5.56 Å². The number of amides is 1. The Bertz CT molecular complexity index is 607. The van der Waals surface area contributed by atoms with E-state index >= 15 is 0 Å². The maximum Gasteiger partial charge on any atom is 0.347 e. The SMILES string of the molecule is Cc1csc(C(=O)O)c1S(=O)(=O)NCCOCC(N)=O. The van der Waals surface area contributed by atoms with Gasteiger partial charge < -0.3 is 15.6 Å². The first-order chi connectivity index (χ1) is 9.25. The van der Waals surface area contributed by atoms with Gasteiger partial charge >= 0.3 is 5.97 Å². The van der Waals surface area contributed by atoms with Crippen LogP contribution in [0.25, 0.3) is 0 Å². The molecule has 0 bridgehead atoms. The minimum Gasteiger partial charge on any atom is -0.477 e. The number of thiophene rings is 1. The number of aromatic carboxylic acids is 1. The number of aryl methyl sites for hydroxylation is 1. The van der Waals surface area contributed by atoms with Crippen LogP contribution in [-0.4, -0.2) is 45.2 Å². The summed E-state index contributed by atoms with van der Waals surface area (Å²) in [6.45, 7) is 1.07. The molecule has 1 aromatic heterocycles. The van der Waals surface area contributed by atoms with E-state index in [1.165, 1.54) is 12.3 Å². The standard InChI is InChI=1S/C10H14N2O6S2/c1-6-5-19-8(10(14)15)9(6)20(16,17)12-2-3-18-4-7(11)13/h5,12H,2-4H2,1H3,(H2,11,13)(H,14,15). The van der Waals surface area contributed by atoms with Crippen LogP contribution in [0.3, 0.4) is 0 Å². The van der Waals surface area contributed by atoms with E-state index in [9.17, 15) is 18.0 Å². The Labute approximate surface area is 119 Å². The number of rotatable bonds is 8. The number of carbonyl (C=O) groups is 2. The highest BCUT2D eigenvalue weighted by atomic mass is 32.2. The third-order valence-electron chi connectivity index (χ3n) is 2.16. The van der Waals surface area contributed by atoms with Gasteiger partial charge in [0.15, 0.2) is 0 Å². The highest BCUT2D eigenvalue weighted by Crippen LogP contribution is 2.26. The smallest absolute Gasteiger partial charge is 0.347 e. The third kappa shape index (κ3) is 4.27. The lowest BCUT2D eigenvalue weighted by Gasteiger charge is -2.07. The second kappa shape index (κ2) is 6.79. The number of ether oxygens (including phenoxy) is 1. The molecular formula is C10H14N2O6S2. The zero-order valence-electron chi connectivity index (χ0n) is 10.6. The van der Waals surface area contributed by atoms with Crippen LogP contribution < -0.4 is 10.5 Å². The van der Waals surface area contributed by atoms with E-state index in [1.807, 2.05) is 0 Å². The topological polar surface area (TPSA) is 136 Å². The number of sulfonamides is 1. The van der Waals surface area contributed by atoms with Gasteiger partial charge in [0.25, 0.3) is 0 Å². The molecule has 1 heterocycles. The molecule has 1 amide bonds. The van der Waals surface area contributed by atoms with Crippen molar-refractivity contribution in [3.05, 3.63) is 15.8 Å². The quantitative estimate of drug-likeness (QED) is 0.554. The minimum atomic E-state index is -3.94. The van der Waals surface area contributed by atoms with Gasteiger partial charge in [0.05, 0.1) is 6.61 Å². The average molecular weight is 322 g/mol. The van der Waals surface area contributed by atoms with Gasteiger partial charge in [0.1, 0.15) is 16.4 Å². The summed E-state index contributed by atoms with van der Waals surface area (Å²) < 4.78 is 31.1. The van der Waals surface area contributed by atoms with Gasteiger partial charge in [-0.15, -0.1) is 11.3 Å². The molecule has 0 saturated heterocycles. The molecule has 0 radical (unpaired) electrons. The summed E-state index contributed by atoms with van der Waals surface area (Å²) in [6.07, 6.45) is 0. The molecular weight excluding hydrogens is 308 g/mol. The van der Waals surface area contributed by atoms with E-state index in [1.54, 1.807) is 0 Å².